The maximum absolute atomic E-state index is 8.90. The number of anilines is 1. The highest BCUT2D eigenvalue weighted by molar-refractivity contribution is 14.1. The van der Waals surface area contributed by atoms with Crippen molar-refractivity contribution in [3.63, 3.8) is 0 Å². The molecule has 0 radical (unpaired) electrons. The molecular formula is C12H14IN3O. The second kappa shape index (κ2) is 5.05. The first-order valence-electron chi connectivity index (χ1n) is 5.33. The van der Waals surface area contributed by atoms with Crippen molar-refractivity contribution >= 4 is 28.4 Å². The summed E-state index contributed by atoms with van der Waals surface area (Å²) in [6, 6.07) is 7.94. The number of nitrogen functional groups attached to an aromatic ring is 1. The molecule has 2 aromatic rings. The molecule has 2 rings (SSSR count). The fourth-order valence-electron chi connectivity index (χ4n) is 1.68. The lowest BCUT2D eigenvalue weighted by Gasteiger charge is -2.04. The van der Waals surface area contributed by atoms with Crippen LogP contribution in [0.3, 0.4) is 0 Å². The van der Waals surface area contributed by atoms with Crippen molar-refractivity contribution in [2.75, 3.05) is 12.3 Å². The molecule has 0 aliphatic carbocycles. The largest absolute Gasteiger partial charge is 0.394 e. The molecule has 5 heteroatoms. The number of hydrogen-bond donors (Lipinski definition) is 2. The van der Waals surface area contributed by atoms with Gasteiger partial charge in [-0.25, -0.2) is 4.68 Å². The smallest absolute Gasteiger partial charge is 0.122 e. The van der Waals surface area contributed by atoms with Crippen LogP contribution in [0.1, 0.15) is 5.56 Å². The lowest BCUT2D eigenvalue weighted by molar-refractivity contribution is 0.270. The number of aliphatic hydroxyl groups is 1. The first-order chi connectivity index (χ1) is 8.13. The monoisotopic (exact) mass is 343 g/mol. The number of halogens is 1. The van der Waals surface area contributed by atoms with Crippen LogP contribution in [-0.2, 0) is 6.54 Å². The molecule has 0 aliphatic heterocycles. The molecule has 1 aromatic heterocycles. The number of aromatic nitrogens is 2. The van der Waals surface area contributed by atoms with E-state index in [4.69, 9.17) is 10.8 Å². The molecule has 3 N–H and O–H groups in total. The molecule has 0 saturated heterocycles. The maximum atomic E-state index is 8.90. The second-order valence-electron chi connectivity index (χ2n) is 3.84. The van der Waals surface area contributed by atoms with Gasteiger partial charge in [0.1, 0.15) is 5.82 Å². The van der Waals surface area contributed by atoms with E-state index in [0.29, 0.717) is 12.4 Å². The minimum atomic E-state index is 0.0379. The molecule has 0 bridgehead atoms. The van der Waals surface area contributed by atoms with Gasteiger partial charge in [-0.3, -0.25) is 0 Å². The van der Waals surface area contributed by atoms with E-state index in [0.717, 1.165) is 11.3 Å². The summed E-state index contributed by atoms with van der Waals surface area (Å²) < 4.78 is 2.80. The van der Waals surface area contributed by atoms with Gasteiger partial charge in [-0.15, -0.1) is 0 Å². The van der Waals surface area contributed by atoms with Gasteiger partial charge < -0.3 is 10.8 Å². The predicted molar refractivity (Wildman–Crippen MR) is 76.6 cm³/mol. The number of benzene rings is 1. The molecule has 0 aliphatic rings. The zero-order valence-corrected chi connectivity index (χ0v) is 11.7. The van der Waals surface area contributed by atoms with Crippen LogP contribution in [-0.4, -0.2) is 21.5 Å². The average Bonchev–Trinajstić information content (AvgIpc) is 2.65. The van der Waals surface area contributed by atoms with Crippen LogP contribution < -0.4 is 5.73 Å². The molecule has 0 unspecified atom stereocenters. The second-order valence-corrected chi connectivity index (χ2v) is 4.92. The Balaban J connectivity index is 2.46. The van der Waals surface area contributed by atoms with Gasteiger partial charge >= 0.3 is 0 Å². The van der Waals surface area contributed by atoms with Crippen LogP contribution in [0.5, 0.6) is 0 Å². The van der Waals surface area contributed by atoms with Gasteiger partial charge in [0.05, 0.1) is 18.8 Å². The van der Waals surface area contributed by atoms with Crippen molar-refractivity contribution in [1.82, 2.24) is 9.78 Å². The van der Waals surface area contributed by atoms with E-state index < -0.39 is 0 Å². The maximum Gasteiger partial charge on any atom is 0.122 e. The Morgan fingerprint density at radius 3 is 2.94 bits per heavy atom. The van der Waals surface area contributed by atoms with E-state index in [-0.39, 0.29) is 6.61 Å². The van der Waals surface area contributed by atoms with Gasteiger partial charge in [0.15, 0.2) is 0 Å². The normalized spacial score (nSPS) is 10.8. The van der Waals surface area contributed by atoms with E-state index in [1.54, 1.807) is 4.68 Å². The lowest BCUT2D eigenvalue weighted by Crippen LogP contribution is -2.07. The quantitative estimate of drug-likeness (QED) is 0.839. The average molecular weight is 343 g/mol. The van der Waals surface area contributed by atoms with E-state index in [2.05, 4.69) is 40.7 Å². The Morgan fingerprint density at radius 2 is 2.24 bits per heavy atom. The van der Waals surface area contributed by atoms with Gasteiger partial charge in [-0.1, -0.05) is 18.2 Å². The molecule has 0 atom stereocenters. The van der Waals surface area contributed by atoms with E-state index >= 15 is 0 Å². The number of rotatable bonds is 3. The summed E-state index contributed by atoms with van der Waals surface area (Å²) in [5.41, 5.74) is 8.99. The molecule has 0 spiro atoms. The van der Waals surface area contributed by atoms with Crippen LogP contribution in [0.4, 0.5) is 5.82 Å². The van der Waals surface area contributed by atoms with Crippen LogP contribution in [0.25, 0.3) is 11.3 Å². The summed E-state index contributed by atoms with van der Waals surface area (Å²) >= 11 is 2.31. The minimum absolute atomic E-state index is 0.0379. The van der Waals surface area contributed by atoms with Gasteiger partial charge in [0.25, 0.3) is 0 Å². The van der Waals surface area contributed by atoms with Gasteiger partial charge in [-0.05, 0) is 35.1 Å². The van der Waals surface area contributed by atoms with Gasteiger partial charge in [0, 0.05) is 15.2 Å². The topological polar surface area (TPSA) is 64.1 Å². The zero-order chi connectivity index (χ0) is 12.4. The number of aryl methyl sites for hydroxylation is 1. The minimum Gasteiger partial charge on any atom is -0.394 e. The van der Waals surface area contributed by atoms with E-state index in [1.807, 2.05) is 18.2 Å². The van der Waals surface area contributed by atoms with Crippen molar-refractivity contribution in [2.24, 2.45) is 0 Å². The molecule has 0 amide bonds. The van der Waals surface area contributed by atoms with Crippen molar-refractivity contribution < 1.29 is 5.11 Å². The molecule has 17 heavy (non-hydrogen) atoms. The Labute approximate surface area is 114 Å². The third-order valence-corrected chi connectivity index (χ3v) is 4.02. The highest BCUT2D eigenvalue weighted by atomic mass is 127. The van der Waals surface area contributed by atoms with Crippen molar-refractivity contribution in [1.29, 1.82) is 0 Å². The summed E-state index contributed by atoms with van der Waals surface area (Å²) in [7, 11) is 0. The Hall–Kier alpha value is -1.08. The third kappa shape index (κ3) is 2.44. The zero-order valence-electron chi connectivity index (χ0n) is 9.52. The van der Waals surface area contributed by atoms with Crippen LogP contribution >= 0.6 is 22.6 Å². The van der Waals surface area contributed by atoms with Crippen molar-refractivity contribution in [3.8, 4) is 11.3 Å². The van der Waals surface area contributed by atoms with Gasteiger partial charge in [0.2, 0.25) is 0 Å². The first-order valence-corrected chi connectivity index (χ1v) is 6.41. The highest BCUT2D eigenvalue weighted by Crippen LogP contribution is 2.27. The van der Waals surface area contributed by atoms with E-state index in [1.165, 1.54) is 9.13 Å². The molecule has 1 aromatic carbocycles. The Kier molecular flexibility index (Phi) is 3.68. The summed E-state index contributed by atoms with van der Waals surface area (Å²) in [4.78, 5) is 0. The van der Waals surface area contributed by atoms with Gasteiger partial charge in [-0.2, -0.15) is 5.10 Å². The highest BCUT2D eigenvalue weighted by Gasteiger charge is 2.10. The van der Waals surface area contributed by atoms with Crippen molar-refractivity contribution in [3.05, 3.63) is 33.4 Å². The Bertz CT molecular complexity index is 537. The summed E-state index contributed by atoms with van der Waals surface area (Å²) in [6.07, 6.45) is 0. The standard InChI is InChI=1S/C12H14IN3O/c1-8-3-2-4-9(12(8)13)10-7-11(14)16(15-10)5-6-17/h2-4,7,17H,5-6,14H2,1H3. The summed E-state index contributed by atoms with van der Waals surface area (Å²) in [6.45, 7) is 2.53. The predicted octanol–water partition coefficient (Wildman–Crippen LogP) is 2.04. The SMILES string of the molecule is Cc1cccc(-c2cc(N)n(CCO)n2)c1I. The molecule has 0 saturated carbocycles. The fourth-order valence-corrected chi connectivity index (χ4v) is 2.32. The number of aliphatic hydroxyl groups excluding tert-OH is 1. The van der Waals surface area contributed by atoms with E-state index in [9.17, 15) is 0 Å². The summed E-state index contributed by atoms with van der Waals surface area (Å²) in [5.74, 6) is 0.575. The van der Waals surface area contributed by atoms with Crippen molar-refractivity contribution in [2.45, 2.75) is 13.5 Å². The molecule has 1 heterocycles. The van der Waals surface area contributed by atoms with Crippen LogP contribution in [0.2, 0.25) is 0 Å². The first kappa shape index (κ1) is 12.4. The molecular weight excluding hydrogens is 329 g/mol. The number of nitrogens with zero attached hydrogens (tertiary/aromatic N) is 2. The number of hydrogen-bond acceptors (Lipinski definition) is 3. The fraction of sp³-hybridized carbons (Fsp3) is 0.250. The summed E-state index contributed by atoms with van der Waals surface area (Å²) in [5, 5.41) is 13.3. The third-order valence-electron chi connectivity index (χ3n) is 2.59. The molecule has 90 valence electrons. The molecule has 4 nitrogen and oxygen atoms in total. The lowest BCUT2D eigenvalue weighted by atomic mass is 10.1. The molecule has 0 fully saturated rings. The van der Waals surface area contributed by atoms with Crippen LogP contribution in [0, 0.1) is 10.5 Å². The Morgan fingerprint density at radius 1 is 1.47 bits per heavy atom. The van der Waals surface area contributed by atoms with Crippen LogP contribution in [0.15, 0.2) is 24.3 Å². The number of nitrogens with two attached hydrogens (primary N) is 1.